The fraction of sp³-hybridized carbons (Fsp3) is 1.00. The Balaban J connectivity index is 2.55. The number of ether oxygens (including phenoxy) is 2. The second-order valence-electron chi connectivity index (χ2n) is 2.53. The Morgan fingerprint density at radius 2 is 2.58 bits per heavy atom. The average molecular weight is 173 g/mol. The normalized spacial score (nSPS) is 34.7. The maximum atomic E-state index is 8.81. The van der Waals surface area contributed by atoms with Crippen molar-refractivity contribution in [2.75, 3.05) is 13.7 Å². The predicted octanol–water partition coefficient (Wildman–Crippen LogP) is 0.419. The van der Waals surface area contributed by atoms with Crippen LogP contribution in [0.4, 0.5) is 0 Å². The van der Waals surface area contributed by atoms with Gasteiger partial charge in [0.05, 0.1) is 18.8 Å². The minimum atomic E-state index is -0.425. The van der Waals surface area contributed by atoms with Crippen molar-refractivity contribution in [2.24, 2.45) is 5.11 Å². The standard InChI is InChI=1S/C6H11N3O3/c1-11-6-2-4(8-9-7)5(3-10)12-6/h4-6,10H,2-3H2,1H3/t4-,5+,6-/m0/s1. The molecule has 0 amide bonds. The highest BCUT2D eigenvalue weighted by atomic mass is 16.7. The van der Waals surface area contributed by atoms with Crippen LogP contribution in [0.3, 0.4) is 0 Å². The number of hydrogen-bond donors (Lipinski definition) is 1. The average Bonchev–Trinajstić information content (AvgIpc) is 2.48. The zero-order valence-electron chi connectivity index (χ0n) is 6.75. The molecule has 68 valence electrons. The molecule has 3 atom stereocenters. The van der Waals surface area contributed by atoms with Gasteiger partial charge in [-0.25, -0.2) is 0 Å². The van der Waals surface area contributed by atoms with Crippen molar-refractivity contribution in [3.63, 3.8) is 0 Å². The number of nitrogens with zero attached hydrogens (tertiary/aromatic N) is 3. The summed E-state index contributed by atoms with van der Waals surface area (Å²) in [5, 5.41) is 12.3. The zero-order chi connectivity index (χ0) is 8.97. The van der Waals surface area contributed by atoms with Crippen LogP contribution in [-0.4, -0.2) is 37.3 Å². The molecule has 1 N–H and O–H groups in total. The molecule has 0 radical (unpaired) electrons. The third-order valence-corrected chi connectivity index (χ3v) is 1.83. The second-order valence-corrected chi connectivity index (χ2v) is 2.53. The number of rotatable bonds is 3. The van der Waals surface area contributed by atoms with Crippen molar-refractivity contribution in [1.82, 2.24) is 0 Å². The molecule has 1 aliphatic rings. The van der Waals surface area contributed by atoms with Gasteiger partial charge in [-0.15, -0.1) is 0 Å². The smallest absolute Gasteiger partial charge is 0.158 e. The van der Waals surface area contributed by atoms with Crippen LogP contribution < -0.4 is 0 Å². The van der Waals surface area contributed by atoms with E-state index in [0.29, 0.717) is 6.42 Å². The van der Waals surface area contributed by atoms with Crippen LogP contribution in [0.2, 0.25) is 0 Å². The van der Waals surface area contributed by atoms with Crippen LogP contribution in [0.15, 0.2) is 5.11 Å². The molecule has 0 aliphatic carbocycles. The number of azide groups is 1. The highest BCUT2D eigenvalue weighted by molar-refractivity contribution is 4.84. The van der Waals surface area contributed by atoms with E-state index in [-0.39, 0.29) is 18.9 Å². The summed E-state index contributed by atoms with van der Waals surface area (Å²) in [4.78, 5) is 2.66. The van der Waals surface area contributed by atoms with E-state index in [1.807, 2.05) is 0 Å². The summed E-state index contributed by atoms with van der Waals surface area (Å²) in [6.07, 6.45) is -0.283. The van der Waals surface area contributed by atoms with E-state index in [0.717, 1.165) is 0 Å². The minimum absolute atomic E-state index is 0.149. The first kappa shape index (κ1) is 9.28. The van der Waals surface area contributed by atoms with Gasteiger partial charge in [-0.05, 0) is 5.53 Å². The first-order valence-electron chi connectivity index (χ1n) is 3.65. The predicted molar refractivity (Wildman–Crippen MR) is 40.3 cm³/mol. The van der Waals surface area contributed by atoms with E-state index >= 15 is 0 Å². The molecule has 1 fully saturated rings. The second kappa shape index (κ2) is 4.27. The maximum Gasteiger partial charge on any atom is 0.158 e. The van der Waals surface area contributed by atoms with Gasteiger partial charge < -0.3 is 14.6 Å². The van der Waals surface area contributed by atoms with Crippen molar-refractivity contribution in [3.05, 3.63) is 10.4 Å². The Bertz CT molecular complexity index is 192. The van der Waals surface area contributed by atoms with E-state index in [1.165, 1.54) is 7.11 Å². The lowest BCUT2D eigenvalue weighted by atomic mass is 10.1. The van der Waals surface area contributed by atoms with Gasteiger partial charge in [0.2, 0.25) is 0 Å². The lowest BCUT2D eigenvalue weighted by molar-refractivity contribution is -0.123. The molecule has 6 heteroatoms. The minimum Gasteiger partial charge on any atom is -0.394 e. The van der Waals surface area contributed by atoms with E-state index in [4.69, 9.17) is 20.1 Å². The molecular weight excluding hydrogens is 162 g/mol. The van der Waals surface area contributed by atoms with Gasteiger partial charge >= 0.3 is 0 Å². The number of hydrogen-bond acceptors (Lipinski definition) is 4. The molecule has 1 saturated heterocycles. The van der Waals surface area contributed by atoms with Crippen LogP contribution in [0, 0.1) is 0 Å². The molecule has 0 saturated carbocycles. The van der Waals surface area contributed by atoms with Gasteiger partial charge in [-0.1, -0.05) is 5.11 Å². The summed E-state index contributed by atoms with van der Waals surface area (Å²) in [5.74, 6) is 0. The first-order chi connectivity index (χ1) is 5.81. The van der Waals surface area contributed by atoms with Crippen LogP contribution in [-0.2, 0) is 9.47 Å². The fourth-order valence-electron chi connectivity index (χ4n) is 1.19. The Labute approximate surface area is 69.7 Å². The van der Waals surface area contributed by atoms with Crippen molar-refractivity contribution in [3.8, 4) is 0 Å². The monoisotopic (exact) mass is 173 g/mol. The Morgan fingerprint density at radius 3 is 3.08 bits per heavy atom. The van der Waals surface area contributed by atoms with Crippen LogP contribution in [0.25, 0.3) is 10.4 Å². The topological polar surface area (TPSA) is 87.5 Å². The largest absolute Gasteiger partial charge is 0.394 e. The van der Waals surface area contributed by atoms with Crippen LogP contribution >= 0.6 is 0 Å². The summed E-state index contributed by atoms with van der Waals surface area (Å²) >= 11 is 0. The van der Waals surface area contributed by atoms with Gasteiger partial charge in [0.25, 0.3) is 0 Å². The Kier molecular flexibility index (Phi) is 3.31. The highest BCUT2D eigenvalue weighted by Crippen LogP contribution is 2.23. The summed E-state index contributed by atoms with van der Waals surface area (Å²) in [6, 6.07) is -0.315. The van der Waals surface area contributed by atoms with Crippen LogP contribution in [0.1, 0.15) is 6.42 Å². The third kappa shape index (κ3) is 1.86. The quantitative estimate of drug-likeness (QED) is 0.381. The van der Waals surface area contributed by atoms with E-state index in [1.54, 1.807) is 0 Å². The zero-order valence-corrected chi connectivity index (χ0v) is 6.75. The van der Waals surface area contributed by atoms with Crippen molar-refractivity contribution < 1.29 is 14.6 Å². The SMILES string of the molecule is CO[C@@H]1C[C@H](N=[N+]=[N-])[C@@H](CO)O1. The lowest BCUT2D eigenvalue weighted by Crippen LogP contribution is -2.23. The van der Waals surface area contributed by atoms with Gasteiger partial charge in [-0.2, -0.15) is 0 Å². The van der Waals surface area contributed by atoms with E-state index < -0.39 is 6.10 Å². The van der Waals surface area contributed by atoms with Gasteiger partial charge in [0.15, 0.2) is 6.29 Å². The molecule has 0 bridgehead atoms. The molecule has 1 rings (SSSR count). The Morgan fingerprint density at radius 1 is 1.83 bits per heavy atom. The van der Waals surface area contributed by atoms with Crippen molar-refractivity contribution in [2.45, 2.75) is 24.9 Å². The molecule has 1 heterocycles. The number of aliphatic hydroxyl groups excluding tert-OH is 1. The van der Waals surface area contributed by atoms with Crippen molar-refractivity contribution in [1.29, 1.82) is 0 Å². The van der Waals surface area contributed by atoms with Crippen molar-refractivity contribution >= 4 is 0 Å². The number of aliphatic hydroxyl groups is 1. The van der Waals surface area contributed by atoms with E-state index in [2.05, 4.69) is 10.0 Å². The van der Waals surface area contributed by atoms with Gasteiger partial charge in [-0.3, -0.25) is 0 Å². The molecule has 6 nitrogen and oxygen atoms in total. The summed E-state index contributed by atoms with van der Waals surface area (Å²) in [6.45, 7) is -0.149. The van der Waals surface area contributed by atoms with E-state index in [9.17, 15) is 0 Å². The van der Waals surface area contributed by atoms with Crippen LogP contribution in [0.5, 0.6) is 0 Å². The molecule has 0 aromatic carbocycles. The van der Waals surface area contributed by atoms with Gasteiger partial charge in [0.1, 0.15) is 0 Å². The summed E-state index contributed by atoms with van der Waals surface area (Å²) in [5.41, 5.74) is 8.18. The maximum absolute atomic E-state index is 8.81. The highest BCUT2D eigenvalue weighted by Gasteiger charge is 2.33. The lowest BCUT2D eigenvalue weighted by Gasteiger charge is -2.10. The molecule has 0 unspecified atom stereocenters. The van der Waals surface area contributed by atoms with Gasteiger partial charge in [0, 0.05) is 18.4 Å². The molecule has 12 heavy (non-hydrogen) atoms. The molecular formula is C6H11N3O3. The summed E-state index contributed by atoms with van der Waals surface area (Å²) in [7, 11) is 1.51. The summed E-state index contributed by atoms with van der Waals surface area (Å²) < 4.78 is 10.1. The molecule has 1 aliphatic heterocycles. The Hall–Kier alpha value is -0.810. The fourth-order valence-corrected chi connectivity index (χ4v) is 1.19. The molecule has 0 aromatic rings. The molecule has 0 aromatic heterocycles. The number of methoxy groups -OCH3 is 1. The third-order valence-electron chi connectivity index (χ3n) is 1.83. The first-order valence-corrected chi connectivity index (χ1v) is 3.65. The molecule has 0 spiro atoms.